The van der Waals surface area contributed by atoms with Gasteiger partial charge in [-0.05, 0) is 19.4 Å². The summed E-state index contributed by atoms with van der Waals surface area (Å²) in [5, 5.41) is 8.70. The smallest absolute Gasteiger partial charge is 0.254 e. The molecule has 1 saturated heterocycles. The molecule has 8 nitrogen and oxygen atoms in total. The molecule has 138 valence electrons. The van der Waals surface area contributed by atoms with E-state index in [4.69, 9.17) is 9.47 Å². The number of rotatable bonds is 4. The zero-order valence-electron chi connectivity index (χ0n) is 15.3. The molecule has 2 aliphatic heterocycles. The zero-order chi connectivity index (χ0) is 18.3. The van der Waals surface area contributed by atoms with Crippen molar-refractivity contribution in [3.63, 3.8) is 0 Å². The fourth-order valence-electron chi connectivity index (χ4n) is 3.89. The summed E-state index contributed by atoms with van der Waals surface area (Å²) in [5.41, 5.74) is 1.31. The molecule has 2 aliphatic rings. The van der Waals surface area contributed by atoms with E-state index in [1.807, 2.05) is 11.8 Å². The van der Waals surface area contributed by atoms with Crippen LogP contribution in [0.25, 0.3) is 0 Å². The summed E-state index contributed by atoms with van der Waals surface area (Å²) in [6.45, 7) is 3.30. The van der Waals surface area contributed by atoms with E-state index in [9.17, 15) is 4.79 Å². The topological polar surface area (TPSA) is 82.4 Å². The largest absolute Gasteiger partial charge is 0.481 e. The molecule has 2 aromatic heterocycles. The Balaban J connectivity index is 1.68. The van der Waals surface area contributed by atoms with Crippen LogP contribution in [0.15, 0.2) is 12.1 Å². The molecule has 0 bridgehead atoms. The van der Waals surface area contributed by atoms with Gasteiger partial charge in [0.2, 0.25) is 5.88 Å². The van der Waals surface area contributed by atoms with Crippen molar-refractivity contribution in [3.8, 4) is 5.88 Å². The minimum absolute atomic E-state index is 0.0110. The number of likely N-dealkylation sites (tertiary alicyclic amines) is 1. The van der Waals surface area contributed by atoms with Crippen molar-refractivity contribution in [2.24, 2.45) is 0 Å². The number of amides is 1. The summed E-state index contributed by atoms with van der Waals surface area (Å²) < 4.78 is 12.9. The number of nitrogens with zero attached hydrogens (tertiary/aromatic N) is 5. The fraction of sp³-hybridized carbons (Fsp3) is 0.556. The van der Waals surface area contributed by atoms with Gasteiger partial charge in [0, 0.05) is 50.4 Å². The third-order valence-corrected chi connectivity index (χ3v) is 5.18. The molecule has 4 heterocycles. The molecule has 2 aromatic rings. The third kappa shape index (κ3) is 2.84. The van der Waals surface area contributed by atoms with Crippen LogP contribution in [0.2, 0.25) is 0 Å². The maximum absolute atomic E-state index is 13.3. The van der Waals surface area contributed by atoms with Crippen molar-refractivity contribution in [1.29, 1.82) is 0 Å². The number of fused-ring (bicyclic) bond motifs is 1. The van der Waals surface area contributed by atoms with Gasteiger partial charge in [-0.2, -0.15) is 0 Å². The van der Waals surface area contributed by atoms with Gasteiger partial charge in [-0.15, -0.1) is 10.2 Å². The predicted molar refractivity (Wildman–Crippen MR) is 93.1 cm³/mol. The summed E-state index contributed by atoms with van der Waals surface area (Å²) in [5.74, 6) is 2.25. The predicted octanol–water partition coefficient (Wildman–Crippen LogP) is 1.54. The molecule has 0 unspecified atom stereocenters. The van der Waals surface area contributed by atoms with E-state index in [-0.39, 0.29) is 18.1 Å². The summed E-state index contributed by atoms with van der Waals surface area (Å²) in [4.78, 5) is 19.4. The first-order valence-electron chi connectivity index (χ1n) is 8.89. The van der Waals surface area contributed by atoms with E-state index in [1.165, 1.54) is 0 Å². The Morgan fingerprint density at radius 3 is 2.88 bits per heavy atom. The molecule has 0 N–H and O–H groups in total. The van der Waals surface area contributed by atoms with Crippen LogP contribution >= 0.6 is 0 Å². The number of ether oxygens (including phenoxy) is 2. The molecular weight excluding hydrogens is 334 g/mol. The maximum atomic E-state index is 13.3. The van der Waals surface area contributed by atoms with Crippen LogP contribution in [0.4, 0.5) is 0 Å². The molecule has 8 heteroatoms. The van der Waals surface area contributed by atoms with Crippen molar-refractivity contribution < 1.29 is 14.3 Å². The molecule has 0 spiro atoms. The number of pyridine rings is 1. The molecule has 0 aliphatic carbocycles. The summed E-state index contributed by atoms with van der Waals surface area (Å²) >= 11 is 0. The van der Waals surface area contributed by atoms with E-state index < -0.39 is 0 Å². The van der Waals surface area contributed by atoms with Crippen molar-refractivity contribution in [2.75, 3.05) is 20.8 Å². The number of aryl methyl sites for hydroxylation is 2. The van der Waals surface area contributed by atoms with Crippen LogP contribution in [-0.4, -0.2) is 57.4 Å². The van der Waals surface area contributed by atoms with Crippen LogP contribution in [-0.2, 0) is 17.7 Å². The summed E-state index contributed by atoms with van der Waals surface area (Å²) in [7, 11) is 3.23. The lowest BCUT2D eigenvalue weighted by Crippen LogP contribution is -2.33. The van der Waals surface area contributed by atoms with Gasteiger partial charge in [-0.25, -0.2) is 4.98 Å². The van der Waals surface area contributed by atoms with Gasteiger partial charge >= 0.3 is 0 Å². The van der Waals surface area contributed by atoms with E-state index in [0.717, 1.165) is 43.1 Å². The van der Waals surface area contributed by atoms with Crippen molar-refractivity contribution in [1.82, 2.24) is 24.6 Å². The Kier molecular flexibility index (Phi) is 4.36. The van der Waals surface area contributed by atoms with Crippen LogP contribution in [0.1, 0.15) is 46.6 Å². The Labute approximate surface area is 152 Å². The van der Waals surface area contributed by atoms with E-state index in [1.54, 1.807) is 26.4 Å². The minimum atomic E-state index is -0.133. The lowest BCUT2D eigenvalue weighted by atomic mass is 10.1. The van der Waals surface area contributed by atoms with Crippen molar-refractivity contribution >= 4 is 5.91 Å². The number of hydrogen-bond donors (Lipinski definition) is 0. The number of aromatic nitrogens is 4. The lowest BCUT2D eigenvalue weighted by molar-refractivity contribution is 0.0682. The second-order valence-electron chi connectivity index (χ2n) is 6.84. The fourth-order valence-corrected chi connectivity index (χ4v) is 3.89. The van der Waals surface area contributed by atoms with Gasteiger partial charge < -0.3 is 18.9 Å². The minimum Gasteiger partial charge on any atom is -0.481 e. The first-order valence-corrected chi connectivity index (χ1v) is 8.89. The molecule has 1 amide bonds. The third-order valence-electron chi connectivity index (χ3n) is 5.18. The second-order valence-corrected chi connectivity index (χ2v) is 6.84. The van der Waals surface area contributed by atoms with Gasteiger partial charge in [0.25, 0.3) is 5.91 Å². The summed E-state index contributed by atoms with van der Waals surface area (Å²) in [6.07, 6.45) is 2.74. The number of carbonyl (C=O) groups is 1. The molecular formula is C18H23N5O3. The highest BCUT2D eigenvalue weighted by atomic mass is 16.5. The van der Waals surface area contributed by atoms with Gasteiger partial charge in [0.05, 0.1) is 19.3 Å². The van der Waals surface area contributed by atoms with Crippen molar-refractivity contribution in [3.05, 3.63) is 35.0 Å². The van der Waals surface area contributed by atoms with Crippen LogP contribution in [0.5, 0.6) is 5.88 Å². The quantitative estimate of drug-likeness (QED) is 0.825. The normalized spacial score (nSPS) is 21.9. The molecule has 0 saturated carbocycles. The van der Waals surface area contributed by atoms with E-state index >= 15 is 0 Å². The number of methoxy groups -OCH3 is 2. The van der Waals surface area contributed by atoms with Gasteiger partial charge in [0.15, 0.2) is 5.82 Å². The lowest BCUT2D eigenvalue weighted by Gasteiger charge is -2.24. The molecule has 4 rings (SSSR count). The Morgan fingerprint density at radius 2 is 2.12 bits per heavy atom. The average Bonchev–Trinajstić information content (AvgIpc) is 3.35. The van der Waals surface area contributed by atoms with E-state index in [2.05, 4.69) is 19.7 Å². The average molecular weight is 357 g/mol. The molecule has 26 heavy (non-hydrogen) atoms. The first kappa shape index (κ1) is 17.0. The Hall–Kier alpha value is -2.48. The number of hydrogen-bond acceptors (Lipinski definition) is 6. The second kappa shape index (κ2) is 6.68. The van der Waals surface area contributed by atoms with Gasteiger partial charge in [0.1, 0.15) is 5.82 Å². The molecule has 2 atom stereocenters. The summed E-state index contributed by atoms with van der Waals surface area (Å²) in [6, 6.07) is 3.34. The highest BCUT2D eigenvalue weighted by molar-refractivity contribution is 5.95. The van der Waals surface area contributed by atoms with Crippen LogP contribution < -0.4 is 4.74 Å². The number of carbonyl (C=O) groups excluding carboxylic acids is 1. The highest BCUT2D eigenvalue weighted by Crippen LogP contribution is 2.35. The zero-order valence-corrected chi connectivity index (χ0v) is 15.3. The Bertz CT molecular complexity index is 834. The maximum Gasteiger partial charge on any atom is 0.254 e. The van der Waals surface area contributed by atoms with Gasteiger partial charge in [-0.3, -0.25) is 4.79 Å². The Morgan fingerprint density at radius 1 is 1.27 bits per heavy atom. The monoisotopic (exact) mass is 357 g/mol. The SMILES string of the molecule is COc1cc(C(=O)N2C[C@H](OC)C[C@H]2c2nnc3n2CCC3)cc(C)n1. The standard InChI is InChI=1S/C18H23N5O3/c1-11-7-12(8-16(19-11)26-3)18(24)23-10-13(25-2)9-14(23)17-21-20-15-5-4-6-22(15)17/h7-8,13-14H,4-6,9-10H2,1-3H3/t13-,14+/m1/s1. The highest BCUT2D eigenvalue weighted by Gasteiger charge is 2.40. The first-order chi connectivity index (χ1) is 12.6. The van der Waals surface area contributed by atoms with Crippen molar-refractivity contribution in [2.45, 2.75) is 44.9 Å². The van der Waals surface area contributed by atoms with E-state index in [0.29, 0.717) is 18.0 Å². The molecule has 0 aromatic carbocycles. The van der Waals surface area contributed by atoms with Crippen LogP contribution in [0, 0.1) is 6.92 Å². The molecule has 0 radical (unpaired) electrons. The van der Waals surface area contributed by atoms with Crippen LogP contribution in [0.3, 0.4) is 0 Å². The van der Waals surface area contributed by atoms with Gasteiger partial charge in [-0.1, -0.05) is 0 Å². The molecule has 1 fully saturated rings.